The predicted molar refractivity (Wildman–Crippen MR) is 82.5 cm³/mol. The molecule has 1 heterocycles. The van der Waals surface area contributed by atoms with Gasteiger partial charge in [-0.25, -0.2) is 9.18 Å². The number of esters is 1. The number of carbonyl (C=O) groups excluding carboxylic acids is 2. The molecule has 1 atom stereocenters. The van der Waals surface area contributed by atoms with Gasteiger partial charge < -0.3 is 9.64 Å². The number of pyridine rings is 1. The lowest BCUT2D eigenvalue weighted by molar-refractivity contribution is 0.0598. The first-order chi connectivity index (χ1) is 11.0. The van der Waals surface area contributed by atoms with Crippen LogP contribution in [-0.2, 0) is 4.74 Å². The monoisotopic (exact) mass is 316 g/mol. The lowest BCUT2D eigenvalue weighted by Gasteiger charge is -2.25. The van der Waals surface area contributed by atoms with Gasteiger partial charge in [-0.2, -0.15) is 0 Å². The molecule has 0 bridgehead atoms. The number of hydrogen-bond acceptors (Lipinski definition) is 4. The van der Waals surface area contributed by atoms with Gasteiger partial charge in [0.25, 0.3) is 5.91 Å². The minimum Gasteiger partial charge on any atom is -0.465 e. The molecule has 1 amide bonds. The van der Waals surface area contributed by atoms with Crippen LogP contribution in [0.5, 0.6) is 0 Å². The summed E-state index contributed by atoms with van der Waals surface area (Å²) in [7, 11) is 2.85. The van der Waals surface area contributed by atoms with Crippen molar-refractivity contribution in [1.29, 1.82) is 0 Å². The van der Waals surface area contributed by atoms with E-state index in [4.69, 9.17) is 0 Å². The minimum absolute atomic E-state index is 0.170. The number of aromatic nitrogens is 1. The van der Waals surface area contributed by atoms with Gasteiger partial charge in [0.1, 0.15) is 11.5 Å². The van der Waals surface area contributed by atoms with Crippen LogP contribution < -0.4 is 0 Å². The third kappa shape index (κ3) is 3.53. The molecule has 5 nitrogen and oxygen atoms in total. The fourth-order valence-electron chi connectivity index (χ4n) is 2.14. The quantitative estimate of drug-likeness (QED) is 0.814. The molecule has 2 rings (SSSR count). The molecule has 0 saturated carbocycles. The zero-order valence-electron chi connectivity index (χ0n) is 13.1. The second-order valence-electron chi connectivity index (χ2n) is 5.04. The van der Waals surface area contributed by atoms with E-state index >= 15 is 0 Å². The van der Waals surface area contributed by atoms with Crippen molar-refractivity contribution < 1.29 is 18.7 Å². The number of rotatable bonds is 4. The normalized spacial score (nSPS) is 11.7. The van der Waals surface area contributed by atoms with Crippen LogP contribution in [0, 0.1) is 5.82 Å². The Morgan fingerprint density at radius 3 is 2.48 bits per heavy atom. The molecule has 6 heteroatoms. The number of benzene rings is 1. The van der Waals surface area contributed by atoms with Gasteiger partial charge in [-0.15, -0.1) is 0 Å². The fourth-order valence-corrected chi connectivity index (χ4v) is 2.14. The zero-order valence-corrected chi connectivity index (χ0v) is 13.1. The van der Waals surface area contributed by atoms with Crippen LogP contribution in [-0.4, -0.2) is 35.9 Å². The topological polar surface area (TPSA) is 59.5 Å². The van der Waals surface area contributed by atoms with E-state index in [2.05, 4.69) is 9.72 Å². The zero-order chi connectivity index (χ0) is 17.0. The summed E-state index contributed by atoms with van der Waals surface area (Å²) in [6.07, 6.45) is 1.28. The van der Waals surface area contributed by atoms with Crippen molar-refractivity contribution in [3.63, 3.8) is 0 Å². The van der Waals surface area contributed by atoms with Gasteiger partial charge >= 0.3 is 5.97 Å². The molecular formula is C17H17FN2O3. The van der Waals surface area contributed by atoms with Gasteiger partial charge in [-0.3, -0.25) is 9.78 Å². The molecule has 0 aliphatic carbocycles. The van der Waals surface area contributed by atoms with Crippen molar-refractivity contribution in [1.82, 2.24) is 9.88 Å². The summed E-state index contributed by atoms with van der Waals surface area (Å²) in [5.41, 5.74) is 0.853. The third-order valence-electron chi connectivity index (χ3n) is 3.66. The predicted octanol–water partition coefficient (Wildman–Crippen LogP) is 2.84. The SMILES string of the molecule is COC(=O)c1ccc(C(=O)N(C)[C@@H](C)c2ccccc2F)nc1. The number of carbonyl (C=O) groups is 2. The molecule has 1 aromatic carbocycles. The van der Waals surface area contributed by atoms with E-state index in [0.29, 0.717) is 5.56 Å². The number of methoxy groups -OCH3 is 1. The number of nitrogens with zero attached hydrogens (tertiary/aromatic N) is 2. The first kappa shape index (κ1) is 16.6. The molecule has 23 heavy (non-hydrogen) atoms. The Balaban J connectivity index is 2.19. The van der Waals surface area contributed by atoms with E-state index in [1.54, 1.807) is 32.2 Å². The van der Waals surface area contributed by atoms with Crippen LogP contribution in [0.4, 0.5) is 4.39 Å². The van der Waals surface area contributed by atoms with E-state index in [1.807, 2.05) is 0 Å². The molecule has 0 saturated heterocycles. The molecular weight excluding hydrogens is 299 g/mol. The number of halogens is 1. The van der Waals surface area contributed by atoms with Crippen molar-refractivity contribution in [2.24, 2.45) is 0 Å². The maximum atomic E-state index is 13.8. The van der Waals surface area contributed by atoms with Crippen molar-refractivity contribution in [2.45, 2.75) is 13.0 Å². The van der Waals surface area contributed by atoms with Gasteiger partial charge in [-0.1, -0.05) is 18.2 Å². The summed E-state index contributed by atoms with van der Waals surface area (Å²) in [6.45, 7) is 1.74. The summed E-state index contributed by atoms with van der Waals surface area (Å²) >= 11 is 0. The molecule has 2 aromatic rings. The first-order valence-electron chi connectivity index (χ1n) is 7.01. The highest BCUT2D eigenvalue weighted by atomic mass is 19.1. The lowest BCUT2D eigenvalue weighted by atomic mass is 10.1. The Kier molecular flexibility index (Phi) is 5.05. The Morgan fingerprint density at radius 1 is 1.22 bits per heavy atom. The molecule has 0 radical (unpaired) electrons. The number of amides is 1. The summed E-state index contributed by atoms with van der Waals surface area (Å²) in [5.74, 6) is -1.25. The summed E-state index contributed by atoms with van der Waals surface area (Å²) < 4.78 is 18.4. The van der Waals surface area contributed by atoms with Crippen LogP contribution >= 0.6 is 0 Å². The standard InChI is InChI=1S/C17H17FN2O3/c1-11(13-6-4-5-7-14(13)18)20(2)16(21)15-9-8-12(10-19-15)17(22)23-3/h4-11H,1-3H3/t11-/m0/s1. The van der Waals surface area contributed by atoms with Gasteiger partial charge in [0.2, 0.25) is 0 Å². The highest BCUT2D eigenvalue weighted by molar-refractivity contribution is 5.94. The number of hydrogen-bond donors (Lipinski definition) is 0. The number of ether oxygens (including phenoxy) is 1. The van der Waals surface area contributed by atoms with Crippen molar-refractivity contribution in [3.05, 3.63) is 65.2 Å². The lowest BCUT2D eigenvalue weighted by Crippen LogP contribution is -2.30. The highest BCUT2D eigenvalue weighted by Crippen LogP contribution is 2.22. The van der Waals surface area contributed by atoms with E-state index in [1.165, 1.54) is 36.4 Å². The van der Waals surface area contributed by atoms with Gasteiger partial charge in [0, 0.05) is 18.8 Å². The molecule has 0 aliphatic heterocycles. The molecule has 1 aromatic heterocycles. The molecule has 0 aliphatic rings. The van der Waals surface area contributed by atoms with Crippen LogP contribution in [0.15, 0.2) is 42.6 Å². The van der Waals surface area contributed by atoms with Crippen molar-refractivity contribution in [2.75, 3.05) is 14.2 Å². The third-order valence-corrected chi connectivity index (χ3v) is 3.66. The van der Waals surface area contributed by atoms with E-state index in [9.17, 15) is 14.0 Å². The minimum atomic E-state index is -0.524. The smallest absolute Gasteiger partial charge is 0.339 e. The highest BCUT2D eigenvalue weighted by Gasteiger charge is 2.22. The average Bonchev–Trinajstić information content (AvgIpc) is 2.59. The second kappa shape index (κ2) is 7.00. The Morgan fingerprint density at radius 2 is 1.91 bits per heavy atom. The van der Waals surface area contributed by atoms with Crippen molar-refractivity contribution in [3.8, 4) is 0 Å². The molecule has 0 N–H and O–H groups in total. The summed E-state index contributed by atoms with van der Waals surface area (Å²) in [6, 6.07) is 8.76. The molecule has 120 valence electrons. The van der Waals surface area contributed by atoms with Crippen LogP contribution in [0.3, 0.4) is 0 Å². The van der Waals surface area contributed by atoms with Crippen LogP contribution in [0.1, 0.15) is 39.4 Å². The summed E-state index contributed by atoms with van der Waals surface area (Å²) in [4.78, 5) is 29.2. The maximum absolute atomic E-state index is 13.8. The van der Waals surface area contributed by atoms with E-state index in [-0.39, 0.29) is 23.0 Å². The first-order valence-corrected chi connectivity index (χ1v) is 7.01. The Labute approximate surface area is 133 Å². The van der Waals surface area contributed by atoms with Gasteiger partial charge in [0.15, 0.2) is 0 Å². The van der Waals surface area contributed by atoms with E-state index < -0.39 is 12.0 Å². The van der Waals surface area contributed by atoms with Crippen LogP contribution in [0.2, 0.25) is 0 Å². The Bertz CT molecular complexity index is 716. The molecule has 0 spiro atoms. The Hall–Kier alpha value is -2.76. The van der Waals surface area contributed by atoms with Gasteiger partial charge in [0.05, 0.1) is 18.7 Å². The van der Waals surface area contributed by atoms with E-state index in [0.717, 1.165) is 0 Å². The second-order valence-corrected chi connectivity index (χ2v) is 5.04. The molecule has 0 unspecified atom stereocenters. The fraction of sp³-hybridized carbons (Fsp3) is 0.235. The molecule has 0 fully saturated rings. The van der Waals surface area contributed by atoms with Crippen molar-refractivity contribution >= 4 is 11.9 Å². The average molecular weight is 316 g/mol. The maximum Gasteiger partial charge on any atom is 0.339 e. The largest absolute Gasteiger partial charge is 0.465 e. The summed E-state index contributed by atoms with van der Waals surface area (Å²) in [5, 5.41) is 0. The van der Waals surface area contributed by atoms with Crippen LogP contribution in [0.25, 0.3) is 0 Å². The van der Waals surface area contributed by atoms with Gasteiger partial charge in [-0.05, 0) is 25.1 Å².